The number of anilines is 1. The monoisotopic (exact) mass is 393 g/mol. The number of benzene rings is 1. The molecule has 1 amide bonds. The molecule has 0 fully saturated rings. The summed E-state index contributed by atoms with van der Waals surface area (Å²) in [5.74, 6) is 0.290. The number of pyridine rings is 1. The Balaban J connectivity index is 2.00. The predicted molar refractivity (Wildman–Crippen MR) is 117 cm³/mol. The lowest BCUT2D eigenvalue weighted by Gasteiger charge is -2.14. The van der Waals surface area contributed by atoms with Gasteiger partial charge >= 0.3 is 0 Å². The lowest BCUT2D eigenvalue weighted by atomic mass is 10.1. The molecular weight excluding hydrogens is 366 g/mol. The number of methoxy groups -OCH3 is 1. The Hall–Kier alpha value is -3.45. The van der Waals surface area contributed by atoms with Crippen LogP contribution in [0.15, 0.2) is 72.8 Å². The second-order valence-corrected chi connectivity index (χ2v) is 6.25. The van der Waals surface area contributed by atoms with Crippen molar-refractivity contribution in [3.05, 3.63) is 78.9 Å². The summed E-state index contributed by atoms with van der Waals surface area (Å²) in [4.78, 5) is 20.8. The van der Waals surface area contributed by atoms with E-state index in [2.05, 4.69) is 32.5 Å². The number of ether oxygens (including phenoxy) is 1. The zero-order chi connectivity index (χ0) is 21.1. The Morgan fingerprint density at radius 3 is 2.90 bits per heavy atom. The Morgan fingerprint density at radius 2 is 2.17 bits per heavy atom. The highest BCUT2D eigenvalue weighted by atomic mass is 16.5. The first-order chi connectivity index (χ1) is 14.1. The fourth-order valence-corrected chi connectivity index (χ4v) is 2.51. The van der Waals surface area contributed by atoms with Crippen LogP contribution in [0.1, 0.15) is 28.9 Å². The van der Waals surface area contributed by atoms with Gasteiger partial charge in [-0.15, -0.1) is 0 Å². The third-order valence-corrected chi connectivity index (χ3v) is 4.11. The number of carbonyl (C=O) groups excluding carboxylic acids is 1. The molecule has 7 nitrogen and oxygen atoms in total. The van der Waals surface area contributed by atoms with Crippen LogP contribution in [0.25, 0.3) is 0 Å². The zero-order valence-electron chi connectivity index (χ0n) is 17.0. The van der Waals surface area contributed by atoms with E-state index in [0.717, 1.165) is 11.3 Å². The van der Waals surface area contributed by atoms with Crippen molar-refractivity contribution >= 4 is 17.3 Å². The minimum absolute atomic E-state index is 0.0354. The number of aliphatic imine (C=N–C) groups is 1. The second kappa shape index (κ2) is 11.4. The molecule has 0 radical (unpaired) electrons. The van der Waals surface area contributed by atoms with Crippen molar-refractivity contribution in [3.8, 4) is 5.75 Å². The number of amides is 1. The molecule has 0 spiro atoms. The zero-order valence-corrected chi connectivity index (χ0v) is 17.0. The topological polar surface area (TPSA) is 87.6 Å². The molecule has 0 aliphatic heterocycles. The average Bonchev–Trinajstić information content (AvgIpc) is 2.75. The van der Waals surface area contributed by atoms with E-state index < -0.39 is 0 Å². The summed E-state index contributed by atoms with van der Waals surface area (Å²) in [5, 5.41) is 9.19. The van der Waals surface area contributed by atoms with Crippen LogP contribution < -0.4 is 20.7 Å². The first-order valence-electron chi connectivity index (χ1n) is 9.22. The summed E-state index contributed by atoms with van der Waals surface area (Å²) < 4.78 is 5.11. The van der Waals surface area contributed by atoms with Gasteiger partial charge in [-0.2, -0.15) is 0 Å². The first-order valence-corrected chi connectivity index (χ1v) is 9.22. The molecule has 152 valence electrons. The first kappa shape index (κ1) is 21.8. The average molecular weight is 393 g/mol. The van der Waals surface area contributed by atoms with E-state index >= 15 is 0 Å². The van der Waals surface area contributed by atoms with E-state index in [1.54, 1.807) is 30.7 Å². The smallest absolute Gasteiger partial charge is 0.257 e. The van der Waals surface area contributed by atoms with Crippen LogP contribution in [0.2, 0.25) is 0 Å². The highest BCUT2D eigenvalue weighted by Crippen LogP contribution is 2.19. The van der Waals surface area contributed by atoms with Gasteiger partial charge in [-0.25, -0.2) is 0 Å². The molecule has 0 saturated carbocycles. The van der Waals surface area contributed by atoms with E-state index in [0.29, 0.717) is 23.5 Å². The summed E-state index contributed by atoms with van der Waals surface area (Å²) in [6, 6.07) is 9.35. The van der Waals surface area contributed by atoms with Gasteiger partial charge in [0.25, 0.3) is 5.91 Å². The number of hydrogen-bond acceptors (Lipinski definition) is 6. The lowest BCUT2D eigenvalue weighted by molar-refractivity contribution is 0.102. The van der Waals surface area contributed by atoms with Gasteiger partial charge in [-0.1, -0.05) is 18.7 Å². The molecule has 0 bridgehead atoms. The van der Waals surface area contributed by atoms with Crippen LogP contribution >= 0.6 is 0 Å². The Kier molecular flexibility index (Phi) is 8.59. The number of hydrogen-bond donors (Lipinski definition) is 3. The molecule has 1 atom stereocenters. The molecule has 7 heteroatoms. The Morgan fingerprint density at radius 1 is 1.34 bits per heavy atom. The van der Waals surface area contributed by atoms with Crippen molar-refractivity contribution in [2.45, 2.75) is 13.0 Å². The molecule has 1 unspecified atom stereocenters. The Labute approximate surface area is 171 Å². The van der Waals surface area contributed by atoms with Crippen molar-refractivity contribution in [2.75, 3.05) is 26.0 Å². The van der Waals surface area contributed by atoms with Crippen molar-refractivity contribution in [3.63, 3.8) is 0 Å². The molecule has 1 aromatic heterocycles. The largest absolute Gasteiger partial charge is 0.495 e. The quantitative estimate of drug-likeness (QED) is 0.539. The molecular formula is C22H27N5O2. The van der Waals surface area contributed by atoms with Gasteiger partial charge < -0.3 is 20.7 Å². The molecule has 0 saturated heterocycles. The van der Waals surface area contributed by atoms with Crippen molar-refractivity contribution < 1.29 is 9.53 Å². The number of aromatic nitrogens is 1. The summed E-state index contributed by atoms with van der Waals surface area (Å²) in [6.45, 7) is 6.43. The van der Waals surface area contributed by atoms with Gasteiger partial charge in [0, 0.05) is 36.9 Å². The van der Waals surface area contributed by atoms with E-state index in [1.807, 2.05) is 38.2 Å². The maximum atomic E-state index is 12.5. The van der Waals surface area contributed by atoms with Crippen molar-refractivity contribution in [2.24, 2.45) is 4.99 Å². The highest BCUT2D eigenvalue weighted by molar-refractivity contribution is 6.04. The van der Waals surface area contributed by atoms with Gasteiger partial charge in [-0.3, -0.25) is 14.8 Å². The second-order valence-electron chi connectivity index (χ2n) is 6.25. The summed E-state index contributed by atoms with van der Waals surface area (Å²) in [7, 11) is 3.40. The molecule has 3 N–H and O–H groups in total. The number of carbonyl (C=O) groups is 1. The van der Waals surface area contributed by atoms with Gasteiger partial charge in [0.1, 0.15) is 5.75 Å². The van der Waals surface area contributed by atoms with Crippen LogP contribution in [0.4, 0.5) is 5.69 Å². The number of nitrogens with zero attached hydrogens (tertiary/aromatic N) is 2. The van der Waals surface area contributed by atoms with Crippen molar-refractivity contribution in [1.82, 2.24) is 15.6 Å². The molecule has 2 aromatic rings. The molecule has 1 aromatic carbocycles. The van der Waals surface area contributed by atoms with Crippen molar-refractivity contribution in [1.29, 1.82) is 0 Å². The fraction of sp³-hybridized carbons (Fsp3) is 0.227. The minimum atomic E-state index is -0.245. The van der Waals surface area contributed by atoms with Crippen LogP contribution in [0, 0.1) is 0 Å². The molecule has 0 aliphatic carbocycles. The van der Waals surface area contributed by atoms with Gasteiger partial charge in [0.2, 0.25) is 0 Å². The maximum Gasteiger partial charge on any atom is 0.257 e. The molecule has 0 aliphatic rings. The highest BCUT2D eigenvalue weighted by Gasteiger charge is 2.09. The number of nitrogens with one attached hydrogen (secondary N) is 3. The van der Waals surface area contributed by atoms with Crippen LogP contribution in [-0.4, -0.2) is 37.3 Å². The molecule has 29 heavy (non-hydrogen) atoms. The third-order valence-electron chi connectivity index (χ3n) is 4.11. The van der Waals surface area contributed by atoms with Gasteiger partial charge in [0.15, 0.2) is 0 Å². The van der Waals surface area contributed by atoms with E-state index in [9.17, 15) is 4.79 Å². The molecule has 1 heterocycles. The minimum Gasteiger partial charge on any atom is -0.495 e. The van der Waals surface area contributed by atoms with Gasteiger partial charge in [-0.05, 0) is 43.8 Å². The lowest BCUT2D eigenvalue weighted by Crippen LogP contribution is -2.16. The van der Waals surface area contributed by atoms with Crippen LogP contribution in [-0.2, 0) is 0 Å². The summed E-state index contributed by atoms with van der Waals surface area (Å²) >= 11 is 0. The third kappa shape index (κ3) is 6.90. The predicted octanol–water partition coefficient (Wildman–Crippen LogP) is 3.31. The number of rotatable bonds is 10. The normalized spacial score (nSPS) is 12.4. The van der Waals surface area contributed by atoms with Gasteiger partial charge in [0.05, 0.1) is 24.6 Å². The van der Waals surface area contributed by atoms with E-state index in [1.165, 1.54) is 13.3 Å². The van der Waals surface area contributed by atoms with Crippen LogP contribution in [0.3, 0.4) is 0 Å². The summed E-state index contributed by atoms with van der Waals surface area (Å²) in [5.41, 5.74) is 3.02. The SMILES string of the molecule is C=CC(CNC)=NC=CNC(C)c1cccc(NC(=O)c2cncc(OC)c2)c1. The van der Waals surface area contributed by atoms with Crippen LogP contribution in [0.5, 0.6) is 5.75 Å². The maximum absolute atomic E-state index is 12.5. The molecule has 2 rings (SSSR count). The summed E-state index contributed by atoms with van der Waals surface area (Å²) in [6.07, 6.45) is 8.26. The van der Waals surface area contributed by atoms with E-state index in [-0.39, 0.29) is 11.9 Å². The Bertz CT molecular complexity index is 892. The standard InChI is InChI=1S/C22H27N5O2/c1-5-19(14-23-3)26-10-9-25-16(2)17-7-6-8-20(11-17)27-22(28)18-12-21(29-4)15-24-13-18/h5-13,15-16,23,25H,1,14H2,2-4H3,(H,27,28). The van der Waals surface area contributed by atoms with E-state index in [4.69, 9.17) is 4.74 Å². The fourth-order valence-electron chi connectivity index (χ4n) is 2.51.